The summed E-state index contributed by atoms with van der Waals surface area (Å²) in [4.78, 5) is 0. The van der Waals surface area contributed by atoms with Gasteiger partial charge in [0.25, 0.3) is 0 Å². The summed E-state index contributed by atoms with van der Waals surface area (Å²) in [6.07, 6.45) is 3.32. The Hall–Kier alpha value is -1.07. The monoisotopic (exact) mass is 285 g/mol. The maximum absolute atomic E-state index is 11.0. The summed E-state index contributed by atoms with van der Waals surface area (Å²) in [5.41, 5.74) is 1.26. The second kappa shape index (κ2) is 7.50. The number of hydrogen-bond donors (Lipinski definition) is 1. The zero-order chi connectivity index (χ0) is 14.3. The van der Waals surface area contributed by atoms with Gasteiger partial charge in [0.1, 0.15) is 12.4 Å². The van der Waals surface area contributed by atoms with Gasteiger partial charge in [0.15, 0.2) is 9.84 Å². The van der Waals surface area contributed by atoms with Crippen molar-refractivity contribution < 1.29 is 13.2 Å². The fourth-order valence-electron chi connectivity index (χ4n) is 1.59. The van der Waals surface area contributed by atoms with Gasteiger partial charge in [-0.3, -0.25) is 0 Å². The van der Waals surface area contributed by atoms with Crippen molar-refractivity contribution in [1.29, 1.82) is 0 Å². The smallest absolute Gasteiger partial charge is 0.150 e. The lowest BCUT2D eigenvalue weighted by molar-refractivity contribution is 0.341. The highest BCUT2D eigenvalue weighted by molar-refractivity contribution is 7.90. The van der Waals surface area contributed by atoms with Crippen molar-refractivity contribution in [1.82, 2.24) is 5.32 Å². The number of ether oxygens (including phenoxy) is 1. The van der Waals surface area contributed by atoms with Crippen LogP contribution in [0.4, 0.5) is 0 Å². The SMILES string of the molecule is CNC(C)CCc1ccc(OCCS(C)(=O)=O)cc1. The highest BCUT2D eigenvalue weighted by Crippen LogP contribution is 2.14. The molecule has 0 spiro atoms. The number of aryl methyl sites for hydroxylation is 1. The zero-order valence-corrected chi connectivity index (χ0v) is 12.7. The van der Waals surface area contributed by atoms with Crippen LogP contribution in [0.25, 0.3) is 0 Å². The normalized spacial score (nSPS) is 13.2. The average Bonchev–Trinajstić information content (AvgIpc) is 2.36. The van der Waals surface area contributed by atoms with Crippen molar-refractivity contribution in [3.63, 3.8) is 0 Å². The lowest BCUT2D eigenvalue weighted by Gasteiger charge is -2.10. The number of benzene rings is 1. The first-order valence-corrected chi connectivity index (χ1v) is 8.53. The molecule has 0 bridgehead atoms. The number of nitrogens with one attached hydrogen (secondary N) is 1. The topological polar surface area (TPSA) is 55.4 Å². The number of rotatable bonds is 8. The van der Waals surface area contributed by atoms with Crippen LogP contribution in [-0.4, -0.2) is 40.1 Å². The molecule has 0 heterocycles. The molecule has 0 saturated carbocycles. The molecule has 1 rings (SSSR count). The first-order chi connectivity index (χ1) is 8.90. The largest absolute Gasteiger partial charge is 0.493 e. The molecule has 1 N–H and O–H groups in total. The van der Waals surface area contributed by atoms with Gasteiger partial charge in [-0.15, -0.1) is 0 Å². The Kier molecular flexibility index (Phi) is 6.31. The average molecular weight is 285 g/mol. The standard InChI is InChI=1S/C14H23NO3S/c1-12(15-2)4-5-13-6-8-14(9-7-13)18-10-11-19(3,16)17/h6-9,12,15H,4-5,10-11H2,1-3H3. The Morgan fingerprint density at radius 1 is 1.26 bits per heavy atom. The van der Waals surface area contributed by atoms with Crippen LogP contribution >= 0.6 is 0 Å². The van der Waals surface area contributed by atoms with Gasteiger partial charge in [0, 0.05) is 12.3 Å². The Labute approximate surface area is 116 Å². The Bertz CT molecular complexity index is 468. The highest BCUT2D eigenvalue weighted by Gasteiger charge is 2.03. The molecule has 0 amide bonds. The second-order valence-corrected chi connectivity index (χ2v) is 7.11. The van der Waals surface area contributed by atoms with Crippen LogP contribution < -0.4 is 10.1 Å². The summed E-state index contributed by atoms with van der Waals surface area (Å²) in [6.45, 7) is 2.36. The van der Waals surface area contributed by atoms with E-state index >= 15 is 0 Å². The fraction of sp³-hybridized carbons (Fsp3) is 0.571. The summed E-state index contributed by atoms with van der Waals surface area (Å²) in [5, 5.41) is 3.21. The van der Waals surface area contributed by atoms with Crippen LogP contribution in [0.2, 0.25) is 0 Å². The first kappa shape index (κ1) is 16.0. The number of sulfone groups is 1. The molecule has 0 aromatic heterocycles. The molecule has 4 nitrogen and oxygen atoms in total. The van der Waals surface area contributed by atoms with Crippen LogP contribution in [0.15, 0.2) is 24.3 Å². The maximum atomic E-state index is 11.0. The van der Waals surface area contributed by atoms with E-state index < -0.39 is 9.84 Å². The van der Waals surface area contributed by atoms with Gasteiger partial charge >= 0.3 is 0 Å². The van der Waals surface area contributed by atoms with Gasteiger partial charge in [0.2, 0.25) is 0 Å². The van der Waals surface area contributed by atoms with E-state index in [0.717, 1.165) is 12.8 Å². The van der Waals surface area contributed by atoms with E-state index in [9.17, 15) is 8.42 Å². The summed E-state index contributed by atoms with van der Waals surface area (Å²) in [6, 6.07) is 8.34. The van der Waals surface area contributed by atoms with E-state index in [1.54, 1.807) is 0 Å². The minimum atomic E-state index is -2.96. The molecule has 1 aromatic carbocycles. The molecule has 0 radical (unpaired) electrons. The molecule has 1 unspecified atom stereocenters. The van der Waals surface area contributed by atoms with Crippen molar-refractivity contribution in [2.24, 2.45) is 0 Å². The molecular weight excluding hydrogens is 262 g/mol. The minimum Gasteiger partial charge on any atom is -0.493 e. The third-order valence-electron chi connectivity index (χ3n) is 3.01. The van der Waals surface area contributed by atoms with Gasteiger partial charge in [0.05, 0.1) is 5.75 Å². The van der Waals surface area contributed by atoms with E-state index in [0.29, 0.717) is 11.8 Å². The van der Waals surface area contributed by atoms with Gasteiger partial charge in [-0.25, -0.2) is 8.42 Å². The predicted octanol–water partition coefficient (Wildman–Crippen LogP) is 1.65. The summed E-state index contributed by atoms with van der Waals surface area (Å²) < 4.78 is 27.3. The second-order valence-electron chi connectivity index (χ2n) is 4.85. The third-order valence-corrected chi connectivity index (χ3v) is 3.91. The number of hydrogen-bond acceptors (Lipinski definition) is 4. The zero-order valence-electron chi connectivity index (χ0n) is 11.8. The molecule has 0 saturated heterocycles. The van der Waals surface area contributed by atoms with Crippen molar-refractivity contribution in [3.8, 4) is 5.75 Å². The fourth-order valence-corrected chi connectivity index (χ4v) is 1.98. The lowest BCUT2D eigenvalue weighted by Crippen LogP contribution is -2.21. The molecule has 0 fully saturated rings. The maximum Gasteiger partial charge on any atom is 0.150 e. The molecule has 0 aliphatic carbocycles. The quantitative estimate of drug-likeness (QED) is 0.789. The summed E-state index contributed by atoms with van der Waals surface area (Å²) in [7, 11) is -0.994. The molecule has 1 aromatic rings. The van der Waals surface area contributed by atoms with E-state index in [2.05, 4.69) is 12.2 Å². The molecule has 108 valence electrons. The lowest BCUT2D eigenvalue weighted by atomic mass is 10.1. The molecular formula is C14H23NO3S. The van der Waals surface area contributed by atoms with E-state index in [1.165, 1.54) is 11.8 Å². The predicted molar refractivity (Wildman–Crippen MR) is 78.5 cm³/mol. The van der Waals surface area contributed by atoms with Crippen molar-refractivity contribution >= 4 is 9.84 Å². The summed E-state index contributed by atoms with van der Waals surface area (Å²) >= 11 is 0. The summed E-state index contributed by atoms with van der Waals surface area (Å²) in [5.74, 6) is 0.767. The Morgan fingerprint density at radius 2 is 1.89 bits per heavy atom. The van der Waals surface area contributed by atoms with E-state index in [-0.39, 0.29) is 12.4 Å². The van der Waals surface area contributed by atoms with Crippen LogP contribution in [0.1, 0.15) is 18.9 Å². The molecule has 5 heteroatoms. The van der Waals surface area contributed by atoms with Gasteiger partial charge < -0.3 is 10.1 Å². The van der Waals surface area contributed by atoms with Crippen LogP contribution in [0.3, 0.4) is 0 Å². The molecule has 19 heavy (non-hydrogen) atoms. The molecule has 0 aliphatic heterocycles. The van der Waals surface area contributed by atoms with Crippen LogP contribution in [0.5, 0.6) is 5.75 Å². The molecule has 0 aliphatic rings. The van der Waals surface area contributed by atoms with Crippen LogP contribution in [-0.2, 0) is 16.3 Å². The first-order valence-electron chi connectivity index (χ1n) is 6.47. The van der Waals surface area contributed by atoms with Gasteiger partial charge in [-0.1, -0.05) is 12.1 Å². The third kappa shape index (κ3) is 7.18. The van der Waals surface area contributed by atoms with Gasteiger partial charge in [-0.05, 0) is 44.5 Å². The molecule has 1 atom stereocenters. The van der Waals surface area contributed by atoms with Crippen molar-refractivity contribution in [2.75, 3.05) is 25.7 Å². The van der Waals surface area contributed by atoms with E-state index in [4.69, 9.17) is 4.74 Å². The van der Waals surface area contributed by atoms with Crippen molar-refractivity contribution in [2.45, 2.75) is 25.8 Å². The Balaban J connectivity index is 2.39. The highest BCUT2D eigenvalue weighted by atomic mass is 32.2. The van der Waals surface area contributed by atoms with Crippen LogP contribution in [0, 0.1) is 0 Å². The minimum absolute atomic E-state index is 0.0500. The van der Waals surface area contributed by atoms with Gasteiger partial charge in [-0.2, -0.15) is 0 Å². The van der Waals surface area contributed by atoms with E-state index in [1.807, 2.05) is 31.3 Å². The Morgan fingerprint density at radius 3 is 2.42 bits per heavy atom. The van der Waals surface area contributed by atoms with Crippen molar-refractivity contribution in [3.05, 3.63) is 29.8 Å².